The molecule has 0 aromatic carbocycles. The number of aryl methyl sites for hydroxylation is 1. The summed E-state index contributed by atoms with van der Waals surface area (Å²) >= 11 is 0. The van der Waals surface area contributed by atoms with Gasteiger partial charge in [0.25, 0.3) is 0 Å². The van der Waals surface area contributed by atoms with E-state index in [0.717, 1.165) is 31.6 Å². The number of anilines is 1. The standard InChI is InChI=1S/C12H21N5O2/c1-16-9-11(7-14-16)17-5-2-3-10(8-17)15-12(19)13-4-6-18/h7,9-10,18H,2-6,8H2,1H3,(H2,13,15,19). The number of nitrogens with one attached hydrogen (secondary N) is 2. The molecule has 1 fully saturated rings. The van der Waals surface area contributed by atoms with E-state index < -0.39 is 0 Å². The van der Waals surface area contributed by atoms with Crippen LogP contribution >= 0.6 is 0 Å². The number of piperidine rings is 1. The number of hydrogen-bond acceptors (Lipinski definition) is 4. The summed E-state index contributed by atoms with van der Waals surface area (Å²) in [6.07, 6.45) is 5.84. The summed E-state index contributed by atoms with van der Waals surface area (Å²) < 4.78 is 1.78. The third-order valence-electron chi connectivity index (χ3n) is 3.21. The van der Waals surface area contributed by atoms with E-state index in [4.69, 9.17) is 5.11 Å². The highest BCUT2D eigenvalue weighted by molar-refractivity contribution is 5.74. The molecule has 1 aliphatic rings. The molecule has 1 aromatic heterocycles. The van der Waals surface area contributed by atoms with Gasteiger partial charge in [0.15, 0.2) is 0 Å². The SMILES string of the molecule is Cn1cc(N2CCCC(NC(=O)NCCO)C2)cn1. The summed E-state index contributed by atoms with van der Waals surface area (Å²) in [4.78, 5) is 13.8. The fourth-order valence-corrected chi connectivity index (χ4v) is 2.31. The van der Waals surface area contributed by atoms with Crippen molar-refractivity contribution in [3.05, 3.63) is 12.4 Å². The number of carbonyl (C=O) groups excluding carboxylic acids is 1. The molecule has 1 atom stereocenters. The van der Waals surface area contributed by atoms with E-state index in [1.54, 1.807) is 4.68 Å². The Labute approximate surface area is 112 Å². The third kappa shape index (κ3) is 3.85. The lowest BCUT2D eigenvalue weighted by Crippen LogP contribution is -2.50. The maximum absolute atomic E-state index is 11.5. The molecule has 1 aromatic rings. The Balaban J connectivity index is 1.85. The largest absolute Gasteiger partial charge is 0.395 e. The first-order valence-corrected chi connectivity index (χ1v) is 6.58. The number of amides is 2. The molecule has 0 aliphatic carbocycles. The molecule has 1 saturated heterocycles. The van der Waals surface area contributed by atoms with Crippen LogP contribution in [0.1, 0.15) is 12.8 Å². The van der Waals surface area contributed by atoms with Crippen molar-refractivity contribution in [3.63, 3.8) is 0 Å². The van der Waals surface area contributed by atoms with Gasteiger partial charge in [-0.25, -0.2) is 4.79 Å². The Bertz CT molecular complexity index is 420. The highest BCUT2D eigenvalue weighted by Gasteiger charge is 2.22. The lowest BCUT2D eigenvalue weighted by molar-refractivity contribution is 0.229. The minimum absolute atomic E-state index is 0.0418. The van der Waals surface area contributed by atoms with Crippen molar-refractivity contribution in [2.24, 2.45) is 7.05 Å². The van der Waals surface area contributed by atoms with Crippen LogP contribution in [-0.2, 0) is 7.05 Å². The molecule has 2 amide bonds. The van der Waals surface area contributed by atoms with E-state index in [2.05, 4.69) is 20.6 Å². The van der Waals surface area contributed by atoms with E-state index >= 15 is 0 Å². The van der Waals surface area contributed by atoms with Gasteiger partial charge in [-0.05, 0) is 12.8 Å². The quantitative estimate of drug-likeness (QED) is 0.698. The Morgan fingerprint density at radius 2 is 2.47 bits per heavy atom. The van der Waals surface area contributed by atoms with E-state index in [1.165, 1.54) is 0 Å². The van der Waals surface area contributed by atoms with Gasteiger partial charge in [0.1, 0.15) is 0 Å². The molecule has 7 heteroatoms. The second-order valence-electron chi connectivity index (χ2n) is 4.78. The van der Waals surface area contributed by atoms with Crippen LogP contribution in [0.2, 0.25) is 0 Å². The topological polar surface area (TPSA) is 82.4 Å². The Morgan fingerprint density at radius 1 is 1.63 bits per heavy atom. The van der Waals surface area contributed by atoms with Gasteiger partial charge < -0.3 is 20.6 Å². The predicted molar refractivity (Wildman–Crippen MR) is 72.1 cm³/mol. The maximum Gasteiger partial charge on any atom is 0.315 e. The van der Waals surface area contributed by atoms with Gasteiger partial charge in [-0.1, -0.05) is 0 Å². The van der Waals surface area contributed by atoms with Crippen LogP contribution in [0.15, 0.2) is 12.4 Å². The maximum atomic E-state index is 11.5. The lowest BCUT2D eigenvalue weighted by atomic mass is 10.1. The number of aliphatic hydroxyl groups excluding tert-OH is 1. The molecule has 1 aliphatic heterocycles. The van der Waals surface area contributed by atoms with Crippen molar-refractivity contribution in [2.45, 2.75) is 18.9 Å². The molecule has 7 nitrogen and oxygen atoms in total. The molecule has 0 bridgehead atoms. The smallest absolute Gasteiger partial charge is 0.315 e. The number of aliphatic hydroxyl groups is 1. The monoisotopic (exact) mass is 267 g/mol. The lowest BCUT2D eigenvalue weighted by Gasteiger charge is -2.33. The number of urea groups is 1. The molecule has 1 unspecified atom stereocenters. The second kappa shape index (κ2) is 6.42. The Kier molecular flexibility index (Phi) is 4.62. The minimum Gasteiger partial charge on any atom is -0.395 e. The van der Waals surface area contributed by atoms with Gasteiger partial charge >= 0.3 is 6.03 Å². The normalized spacial score (nSPS) is 19.3. The number of aromatic nitrogens is 2. The summed E-state index contributed by atoms with van der Waals surface area (Å²) in [6.45, 7) is 2.02. The summed E-state index contributed by atoms with van der Waals surface area (Å²) in [5, 5.41) is 18.4. The average Bonchev–Trinajstić information content (AvgIpc) is 2.83. The van der Waals surface area contributed by atoms with Crippen molar-refractivity contribution in [2.75, 3.05) is 31.1 Å². The van der Waals surface area contributed by atoms with Crippen molar-refractivity contribution in [3.8, 4) is 0 Å². The molecule has 0 saturated carbocycles. The highest BCUT2D eigenvalue weighted by Crippen LogP contribution is 2.18. The third-order valence-corrected chi connectivity index (χ3v) is 3.21. The fourth-order valence-electron chi connectivity index (χ4n) is 2.31. The van der Waals surface area contributed by atoms with Crippen LogP contribution in [-0.4, -0.2) is 53.2 Å². The van der Waals surface area contributed by atoms with Crippen molar-refractivity contribution in [1.82, 2.24) is 20.4 Å². The van der Waals surface area contributed by atoms with Gasteiger partial charge in [0.2, 0.25) is 0 Å². The van der Waals surface area contributed by atoms with Crippen molar-refractivity contribution >= 4 is 11.7 Å². The highest BCUT2D eigenvalue weighted by atomic mass is 16.3. The van der Waals surface area contributed by atoms with Crippen molar-refractivity contribution in [1.29, 1.82) is 0 Å². The molecular formula is C12H21N5O2. The van der Waals surface area contributed by atoms with Gasteiger partial charge in [0, 0.05) is 38.9 Å². The van der Waals surface area contributed by atoms with Crippen LogP contribution in [0.3, 0.4) is 0 Å². The molecule has 0 spiro atoms. The number of hydrogen-bond donors (Lipinski definition) is 3. The predicted octanol–water partition coefficient (Wildman–Crippen LogP) is -0.320. The van der Waals surface area contributed by atoms with E-state index in [1.807, 2.05) is 19.4 Å². The molecule has 0 radical (unpaired) electrons. The number of nitrogens with zero attached hydrogens (tertiary/aromatic N) is 3. The average molecular weight is 267 g/mol. The summed E-state index contributed by atoms with van der Waals surface area (Å²) in [7, 11) is 1.89. The summed E-state index contributed by atoms with van der Waals surface area (Å²) in [6, 6.07) is -0.0836. The van der Waals surface area contributed by atoms with Gasteiger partial charge in [-0.2, -0.15) is 5.10 Å². The van der Waals surface area contributed by atoms with E-state index in [-0.39, 0.29) is 25.2 Å². The Morgan fingerprint density at radius 3 is 3.16 bits per heavy atom. The number of rotatable bonds is 4. The Hall–Kier alpha value is -1.76. The second-order valence-corrected chi connectivity index (χ2v) is 4.78. The van der Waals surface area contributed by atoms with Gasteiger partial charge in [0.05, 0.1) is 18.5 Å². The first kappa shape index (κ1) is 13.7. The molecule has 2 rings (SSSR count). The fraction of sp³-hybridized carbons (Fsp3) is 0.667. The van der Waals surface area contributed by atoms with Crippen molar-refractivity contribution < 1.29 is 9.90 Å². The van der Waals surface area contributed by atoms with Gasteiger partial charge in [-0.3, -0.25) is 4.68 Å². The van der Waals surface area contributed by atoms with Crippen LogP contribution in [0.5, 0.6) is 0 Å². The van der Waals surface area contributed by atoms with E-state index in [9.17, 15) is 4.79 Å². The van der Waals surface area contributed by atoms with Crippen LogP contribution in [0, 0.1) is 0 Å². The molecule has 3 N–H and O–H groups in total. The molecule has 19 heavy (non-hydrogen) atoms. The molecule has 106 valence electrons. The van der Waals surface area contributed by atoms with E-state index in [0.29, 0.717) is 0 Å². The zero-order valence-corrected chi connectivity index (χ0v) is 11.2. The first-order chi connectivity index (χ1) is 9.19. The summed E-state index contributed by atoms with van der Waals surface area (Å²) in [5.41, 5.74) is 1.09. The molecular weight excluding hydrogens is 246 g/mol. The van der Waals surface area contributed by atoms with Gasteiger partial charge in [-0.15, -0.1) is 0 Å². The molecule has 2 heterocycles. The summed E-state index contributed by atoms with van der Waals surface area (Å²) in [5.74, 6) is 0. The van der Waals surface area contributed by atoms with Crippen LogP contribution < -0.4 is 15.5 Å². The number of carbonyl (C=O) groups is 1. The minimum atomic E-state index is -0.216. The van der Waals surface area contributed by atoms with Crippen LogP contribution in [0.4, 0.5) is 10.5 Å². The zero-order chi connectivity index (χ0) is 13.7. The first-order valence-electron chi connectivity index (χ1n) is 6.58. The zero-order valence-electron chi connectivity index (χ0n) is 11.2. The van der Waals surface area contributed by atoms with Crippen LogP contribution in [0.25, 0.3) is 0 Å².